The van der Waals surface area contributed by atoms with Crippen LogP contribution < -0.4 is 5.46 Å². The standard InChI is InChI=1S/C12H9BN2O3/c16-13(17)9-5-2-1-4-8(9)12-15-11-10(18-12)6-3-7-14-11/h1-7,16-17H. The molecule has 0 bridgehead atoms. The van der Waals surface area contributed by atoms with Crippen LogP contribution in [0.3, 0.4) is 0 Å². The first-order valence-corrected chi connectivity index (χ1v) is 5.43. The molecular formula is C12H9BN2O3. The number of nitrogens with zero attached hydrogens (tertiary/aromatic N) is 2. The summed E-state index contributed by atoms with van der Waals surface area (Å²) in [5.74, 6) is 0.326. The number of rotatable bonds is 2. The van der Waals surface area contributed by atoms with Gasteiger partial charge in [0.05, 0.1) is 0 Å². The second-order valence-electron chi connectivity index (χ2n) is 3.81. The highest BCUT2D eigenvalue weighted by Crippen LogP contribution is 2.21. The normalized spacial score (nSPS) is 10.8. The molecule has 18 heavy (non-hydrogen) atoms. The summed E-state index contributed by atoms with van der Waals surface area (Å²) in [6, 6.07) is 10.4. The van der Waals surface area contributed by atoms with Crippen molar-refractivity contribution in [2.24, 2.45) is 0 Å². The summed E-state index contributed by atoms with van der Waals surface area (Å²) < 4.78 is 5.55. The van der Waals surface area contributed by atoms with Crippen LogP contribution in [0.5, 0.6) is 0 Å². The highest BCUT2D eigenvalue weighted by atomic mass is 16.4. The van der Waals surface area contributed by atoms with Gasteiger partial charge >= 0.3 is 7.12 Å². The molecule has 0 aliphatic heterocycles. The van der Waals surface area contributed by atoms with Gasteiger partial charge in [0.25, 0.3) is 0 Å². The van der Waals surface area contributed by atoms with Crippen LogP contribution in [0, 0.1) is 0 Å². The van der Waals surface area contributed by atoms with Crippen molar-refractivity contribution in [3.8, 4) is 11.5 Å². The molecule has 1 aromatic carbocycles. The first kappa shape index (κ1) is 10.9. The number of benzene rings is 1. The second-order valence-corrected chi connectivity index (χ2v) is 3.81. The second kappa shape index (κ2) is 4.25. The van der Waals surface area contributed by atoms with Gasteiger partial charge in [-0.1, -0.05) is 18.2 Å². The van der Waals surface area contributed by atoms with E-state index in [-0.39, 0.29) is 0 Å². The van der Waals surface area contributed by atoms with Crippen molar-refractivity contribution in [2.45, 2.75) is 0 Å². The monoisotopic (exact) mass is 240 g/mol. The van der Waals surface area contributed by atoms with Gasteiger partial charge in [-0.3, -0.25) is 0 Å². The predicted molar refractivity (Wildman–Crippen MR) is 67.1 cm³/mol. The average Bonchev–Trinajstić information content (AvgIpc) is 2.82. The maximum atomic E-state index is 9.31. The van der Waals surface area contributed by atoms with Crippen LogP contribution in [0.25, 0.3) is 22.7 Å². The third kappa shape index (κ3) is 1.77. The Hall–Kier alpha value is -2.18. The van der Waals surface area contributed by atoms with E-state index in [1.54, 1.807) is 42.6 Å². The Morgan fingerprint density at radius 2 is 1.89 bits per heavy atom. The number of hydrogen-bond donors (Lipinski definition) is 2. The minimum Gasteiger partial charge on any atom is -0.434 e. The van der Waals surface area contributed by atoms with Crippen LogP contribution in [-0.4, -0.2) is 27.1 Å². The highest BCUT2D eigenvalue weighted by Gasteiger charge is 2.19. The Morgan fingerprint density at radius 1 is 1.06 bits per heavy atom. The minimum atomic E-state index is -1.57. The summed E-state index contributed by atoms with van der Waals surface area (Å²) in [6.07, 6.45) is 1.63. The molecule has 0 unspecified atom stereocenters. The van der Waals surface area contributed by atoms with Crippen molar-refractivity contribution < 1.29 is 14.5 Å². The molecule has 0 aliphatic carbocycles. The van der Waals surface area contributed by atoms with Crippen molar-refractivity contribution in [3.05, 3.63) is 42.6 Å². The molecule has 3 aromatic rings. The number of oxazole rings is 1. The van der Waals surface area contributed by atoms with Crippen LogP contribution in [0.15, 0.2) is 47.0 Å². The summed E-state index contributed by atoms with van der Waals surface area (Å²) in [7, 11) is -1.57. The Kier molecular flexibility index (Phi) is 2.58. The van der Waals surface area contributed by atoms with Crippen molar-refractivity contribution in [1.82, 2.24) is 9.97 Å². The molecule has 6 heteroatoms. The number of aromatic nitrogens is 2. The van der Waals surface area contributed by atoms with Crippen LogP contribution in [0.1, 0.15) is 0 Å². The molecule has 2 N–H and O–H groups in total. The lowest BCUT2D eigenvalue weighted by molar-refractivity contribution is 0.425. The zero-order chi connectivity index (χ0) is 12.5. The van der Waals surface area contributed by atoms with Gasteiger partial charge in [-0.15, -0.1) is 0 Å². The molecule has 88 valence electrons. The van der Waals surface area contributed by atoms with Gasteiger partial charge in [-0.25, -0.2) is 4.98 Å². The summed E-state index contributed by atoms with van der Waals surface area (Å²) in [6.45, 7) is 0. The third-order valence-electron chi connectivity index (χ3n) is 2.63. The lowest BCUT2D eigenvalue weighted by atomic mass is 9.77. The van der Waals surface area contributed by atoms with Gasteiger partial charge in [0, 0.05) is 11.8 Å². The van der Waals surface area contributed by atoms with Crippen LogP contribution in [-0.2, 0) is 0 Å². The molecule has 0 saturated carbocycles. The molecule has 0 atom stereocenters. The smallest absolute Gasteiger partial charge is 0.434 e. The summed E-state index contributed by atoms with van der Waals surface area (Å²) in [5, 5.41) is 18.6. The summed E-state index contributed by atoms with van der Waals surface area (Å²) >= 11 is 0. The van der Waals surface area contributed by atoms with E-state index >= 15 is 0 Å². The fourth-order valence-corrected chi connectivity index (χ4v) is 1.80. The molecule has 2 aromatic heterocycles. The lowest BCUT2D eigenvalue weighted by Crippen LogP contribution is -2.31. The molecule has 0 aliphatic rings. The van der Waals surface area contributed by atoms with Crippen LogP contribution in [0.2, 0.25) is 0 Å². The molecule has 0 radical (unpaired) electrons. The maximum Gasteiger partial charge on any atom is 0.489 e. The largest absolute Gasteiger partial charge is 0.489 e. The lowest BCUT2D eigenvalue weighted by Gasteiger charge is -2.03. The Bertz CT molecular complexity index is 663. The van der Waals surface area contributed by atoms with E-state index in [1.807, 2.05) is 0 Å². The quantitative estimate of drug-likeness (QED) is 0.640. The average molecular weight is 240 g/mol. The number of pyridine rings is 1. The first-order valence-electron chi connectivity index (χ1n) is 5.43. The minimum absolute atomic E-state index is 0.326. The molecule has 5 nitrogen and oxygen atoms in total. The topological polar surface area (TPSA) is 79.4 Å². The van der Waals surface area contributed by atoms with Crippen molar-refractivity contribution in [3.63, 3.8) is 0 Å². The van der Waals surface area contributed by atoms with Crippen LogP contribution >= 0.6 is 0 Å². The SMILES string of the molecule is OB(O)c1ccccc1-c1nc2ncccc2o1. The van der Waals surface area contributed by atoms with E-state index in [2.05, 4.69) is 9.97 Å². The highest BCUT2D eigenvalue weighted by molar-refractivity contribution is 6.60. The molecule has 0 saturated heterocycles. The molecule has 2 heterocycles. The molecule has 0 spiro atoms. The van der Waals surface area contributed by atoms with Crippen molar-refractivity contribution >= 4 is 23.8 Å². The fraction of sp³-hybridized carbons (Fsp3) is 0. The van der Waals surface area contributed by atoms with Gasteiger partial charge in [0.15, 0.2) is 11.2 Å². The van der Waals surface area contributed by atoms with Crippen LogP contribution in [0.4, 0.5) is 0 Å². The number of hydrogen-bond acceptors (Lipinski definition) is 5. The Labute approximate surface area is 103 Å². The van der Waals surface area contributed by atoms with Gasteiger partial charge in [-0.2, -0.15) is 4.98 Å². The maximum absolute atomic E-state index is 9.31. The summed E-state index contributed by atoms with van der Waals surface area (Å²) in [5.41, 5.74) is 1.96. The van der Waals surface area contributed by atoms with E-state index in [1.165, 1.54) is 0 Å². The molecular weight excluding hydrogens is 231 g/mol. The zero-order valence-corrected chi connectivity index (χ0v) is 9.32. The zero-order valence-electron chi connectivity index (χ0n) is 9.32. The van der Waals surface area contributed by atoms with E-state index in [0.29, 0.717) is 28.1 Å². The van der Waals surface area contributed by atoms with E-state index < -0.39 is 7.12 Å². The predicted octanol–water partition coefficient (Wildman–Crippen LogP) is 0.570. The van der Waals surface area contributed by atoms with Gasteiger partial charge < -0.3 is 14.5 Å². The van der Waals surface area contributed by atoms with Crippen molar-refractivity contribution in [1.29, 1.82) is 0 Å². The third-order valence-corrected chi connectivity index (χ3v) is 2.63. The fourth-order valence-electron chi connectivity index (χ4n) is 1.80. The molecule has 0 fully saturated rings. The first-order chi connectivity index (χ1) is 8.75. The van der Waals surface area contributed by atoms with Gasteiger partial charge in [-0.05, 0) is 23.7 Å². The van der Waals surface area contributed by atoms with E-state index in [0.717, 1.165) is 0 Å². The number of fused-ring (bicyclic) bond motifs is 1. The van der Waals surface area contributed by atoms with E-state index in [4.69, 9.17) is 4.42 Å². The Morgan fingerprint density at radius 3 is 2.67 bits per heavy atom. The molecule has 0 amide bonds. The Balaban J connectivity index is 2.20. The summed E-state index contributed by atoms with van der Waals surface area (Å²) in [4.78, 5) is 8.30. The molecule has 3 rings (SSSR count). The van der Waals surface area contributed by atoms with E-state index in [9.17, 15) is 10.0 Å². The van der Waals surface area contributed by atoms with Gasteiger partial charge in [0.1, 0.15) is 0 Å². The van der Waals surface area contributed by atoms with Crippen molar-refractivity contribution in [2.75, 3.05) is 0 Å². The van der Waals surface area contributed by atoms with Gasteiger partial charge in [0.2, 0.25) is 5.89 Å².